The molecule has 6 nitrogen and oxygen atoms in total. The topological polar surface area (TPSA) is 67.9 Å². The van der Waals surface area contributed by atoms with E-state index in [2.05, 4.69) is 5.32 Å². The minimum Gasteiger partial charge on any atom is -0.454 e. The molecule has 37 heavy (non-hydrogen) atoms. The number of aryl methyl sites for hydroxylation is 1. The monoisotopic (exact) mass is 510 g/mol. The number of amides is 2. The highest BCUT2D eigenvalue weighted by Crippen LogP contribution is 2.37. The molecule has 0 radical (unpaired) electrons. The van der Waals surface area contributed by atoms with Gasteiger partial charge in [-0.2, -0.15) is 13.2 Å². The molecule has 0 aromatic heterocycles. The third kappa shape index (κ3) is 5.12. The maximum atomic E-state index is 13.4. The van der Waals surface area contributed by atoms with E-state index in [4.69, 9.17) is 9.47 Å². The maximum absolute atomic E-state index is 13.4. The van der Waals surface area contributed by atoms with Gasteiger partial charge in [0.1, 0.15) is 0 Å². The first kappa shape index (κ1) is 24.7. The molecule has 3 aromatic rings. The van der Waals surface area contributed by atoms with Gasteiger partial charge in [-0.3, -0.25) is 9.59 Å². The summed E-state index contributed by atoms with van der Waals surface area (Å²) in [7, 11) is 0. The van der Waals surface area contributed by atoms with Gasteiger partial charge >= 0.3 is 6.18 Å². The average molecular weight is 511 g/mol. The number of alkyl halides is 3. The van der Waals surface area contributed by atoms with Gasteiger partial charge in [0.2, 0.25) is 12.7 Å². The molecule has 2 aliphatic heterocycles. The second-order valence-electron chi connectivity index (χ2n) is 9.27. The van der Waals surface area contributed by atoms with E-state index in [1.807, 2.05) is 19.1 Å². The molecule has 2 amide bonds. The van der Waals surface area contributed by atoms with Gasteiger partial charge in [-0.25, -0.2) is 0 Å². The fourth-order valence-corrected chi connectivity index (χ4v) is 4.87. The summed E-state index contributed by atoms with van der Waals surface area (Å²) in [5, 5.41) is 2.89. The lowest BCUT2D eigenvalue weighted by molar-refractivity contribution is -0.137. The van der Waals surface area contributed by atoms with Crippen LogP contribution >= 0.6 is 0 Å². The lowest BCUT2D eigenvalue weighted by Gasteiger charge is -2.19. The van der Waals surface area contributed by atoms with Crippen LogP contribution in [0.3, 0.4) is 0 Å². The third-order valence-electron chi connectivity index (χ3n) is 6.87. The normalized spacial score (nSPS) is 18.6. The number of halogens is 3. The second kappa shape index (κ2) is 9.80. The molecule has 5 rings (SSSR count). The van der Waals surface area contributed by atoms with Crippen molar-refractivity contribution in [3.05, 3.63) is 94.5 Å². The van der Waals surface area contributed by atoms with Crippen molar-refractivity contribution in [2.75, 3.05) is 19.9 Å². The molecule has 2 aliphatic rings. The van der Waals surface area contributed by atoms with E-state index in [0.29, 0.717) is 22.6 Å². The summed E-state index contributed by atoms with van der Waals surface area (Å²) >= 11 is 0. The van der Waals surface area contributed by atoms with E-state index >= 15 is 0 Å². The molecular formula is C28H25F3N2O4. The number of carbonyl (C=O) groups is 2. The van der Waals surface area contributed by atoms with Gasteiger partial charge in [0.25, 0.3) is 5.91 Å². The predicted molar refractivity (Wildman–Crippen MR) is 129 cm³/mol. The van der Waals surface area contributed by atoms with Crippen LogP contribution in [-0.2, 0) is 17.5 Å². The predicted octanol–water partition coefficient (Wildman–Crippen LogP) is 4.91. The summed E-state index contributed by atoms with van der Waals surface area (Å²) in [5.74, 6) is -0.677. The fraction of sp³-hybridized carbons (Fsp3) is 0.286. The third-order valence-corrected chi connectivity index (χ3v) is 6.87. The Hall–Kier alpha value is -4.01. The Morgan fingerprint density at radius 3 is 2.54 bits per heavy atom. The van der Waals surface area contributed by atoms with Gasteiger partial charge in [0.05, 0.1) is 11.5 Å². The highest BCUT2D eigenvalue weighted by Gasteiger charge is 2.41. The molecule has 2 heterocycles. The van der Waals surface area contributed by atoms with Crippen LogP contribution in [0.5, 0.6) is 11.5 Å². The van der Waals surface area contributed by atoms with Crippen LogP contribution in [0.4, 0.5) is 13.2 Å². The molecule has 1 fully saturated rings. The molecule has 1 saturated heterocycles. The standard InChI is InChI=1S/C28H25F3N2O4/c1-17-5-2-3-8-21(17)27(35)33-14-22(19-6-4-7-20(12-19)28(29,30)31)23(15-33)26(34)32-13-18-9-10-24-25(11-18)37-16-36-24/h2-12,22-23H,13-16H2,1H3,(H,32,34). The fourth-order valence-electron chi connectivity index (χ4n) is 4.87. The molecule has 0 bridgehead atoms. The largest absolute Gasteiger partial charge is 0.454 e. The molecule has 192 valence electrons. The lowest BCUT2D eigenvalue weighted by Crippen LogP contribution is -2.35. The number of carbonyl (C=O) groups excluding carboxylic acids is 2. The number of hydrogen-bond donors (Lipinski definition) is 1. The number of likely N-dealkylation sites (tertiary alicyclic amines) is 1. The van der Waals surface area contributed by atoms with E-state index < -0.39 is 23.6 Å². The van der Waals surface area contributed by atoms with Crippen LogP contribution in [0.2, 0.25) is 0 Å². The number of hydrogen-bond acceptors (Lipinski definition) is 4. The zero-order valence-corrected chi connectivity index (χ0v) is 20.0. The van der Waals surface area contributed by atoms with Crippen molar-refractivity contribution >= 4 is 11.8 Å². The summed E-state index contributed by atoms with van der Waals surface area (Å²) in [4.78, 5) is 28.2. The molecule has 9 heteroatoms. The number of ether oxygens (including phenoxy) is 2. The minimum atomic E-state index is -4.51. The molecular weight excluding hydrogens is 485 g/mol. The summed E-state index contributed by atoms with van der Waals surface area (Å²) < 4.78 is 51.0. The SMILES string of the molecule is Cc1ccccc1C(=O)N1CC(C(=O)NCc2ccc3c(c2)OCO3)C(c2cccc(C(F)(F)F)c2)C1. The van der Waals surface area contributed by atoms with Crippen LogP contribution in [0.25, 0.3) is 0 Å². The van der Waals surface area contributed by atoms with E-state index in [1.165, 1.54) is 6.07 Å². The number of fused-ring (bicyclic) bond motifs is 1. The first-order valence-corrected chi connectivity index (χ1v) is 11.9. The van der Waals surface area contributed by atoms with Crippen LogP contribution in [0.1, 0.15) is 38.5 Å². The average Bonchev–Trinajstić information content (AvgIpc) is 3.54. The summed E-state index contributed by atoms with van der Waals surface area (Å²) in [6, 6.07) is 17.5. The van der Waals surface area contributed by atoms with Gasteiger partial charge in [0.15, 0.2) is 11.5 Å². The van der Waals surface area contributed by atoms with Gasteiger partial charge in [-0.15, -0.1) is 0 Å². The molecule has 0 saturated carbocycles. The molecule has 3 aromatic carbocycles. The van der Waals surface area contributed by atoms with Crippen molar-refractivity contribution in [2.45, 2.75) is 25.6 Å². The van der Waals surface area contributed by atoms with E-state index in [-0.39, 0.29) is 38.2 Å². The zero-order valence-electron chi connectivity index (χ0n) is 20.0. The lowest BCUT2D eigenvalue weighted by atomic mass is 9.87. The van der Waals surface area contributed by atoms with E-state index in [1.54, 1.807) is 41.3 Å². The zero-order chi connectivity index (χ0) is 26.2. The first-order chi connectivity index (χ1) is 17.7. The molecule has 0 spiro atoms. The van der Waals surface area contributed by atoms with Crippen LogP contribution in [0, 0.1) is 12.8 Å². The highest BCUT2D eigenvalue weighted by molar-refractivity contribution is 5.96. The molecule has 1 N–H and O–H groups in total. The molecule has 0 aliphatic carbocycles. The van der Waals surface area contributed by atoms with Crippen molar-refractivity contribution in [1.82, 2.24) is 10.2 Å². The smallest absolute Gasteiger partial charge is 0.416 e. The summed E-state index contributed by atoms with van der Waals surface area (Å²) in [6.45, 7) is 2.39. The Bertz CT molecular complexity index is 1340. The van der Waals surface area contributed by atoms with Gasteiger partial charge < -0.3 is 19.7 Å². The number of rotatable bonds is 5. The minimum absolute atomic E-state index is 0.0983. The second-order valence-corrected chi connectivity index (χ2v) is 9.27. The Labute approximate surface area is 212 Å². The number of benzene rings is 3. The molecule has 2 atom stereocenters. The Morgan fingerprint density at radius 2 is 1.76 bits per heavy atom. The van der Waals surface area contributed by atoms with Crippen molar-refractivity contribution in [1.29, 1.82) is 0 Å². The van der Waals surface area contributed by atoms with Crippen molar-refractivity contribution in [3.8, 4) is 11.5 Å². The van der Waals surface area contributed by atoms with Gasteiger partial charge in [0, 0.05) is 31.1 Å². The Balaban J connectivity index is 1.39. The molecule has 2 unspecified atom stereocenters. The van der Waals surface area contributed by atoms with Crippen molar-refractivity contribution < 1.29 is 32.2 Å². The van der Waals surface area contributed by atoms with E-state index in [0.717, 1.165) is 23.3 Å². The van der Waals surface area contributed by atoms with Crippen LogP contribution in [-0.4, -0.2) is 36.6 Å². The van der Waals surface area contributed by atoms with E-state index in [9.17, 15) is 22.8 Å². The van der Waals surface area contributed by atoms with Crippen LogP contribution < -0.4 is 14.8 Å². The highest BCUT2D eigenvalue weighted by atomic mass is 19.4. The Morgan fingerprint density at radius 1 is 0.973 bits per heavy atom. The number of nitrogens with one attached hydrogen (secondary N) is 1. The van der Waals surface area contributed by atoms with Crippen molar-refractivity contribution in [2.24, 2.45) is 5.92 Å². The number of nitrogens with zero attached hydrogens (tertiary/aromatic N) is 1. The van der Waals surface area contributed by atoms with Gasteiger partial charge in [-0.1, -0.05) is 42.5 Å². The summed E-state index contributed by atoms with van der Waals surface area (Å²) in [5.41, 5.74) is 1.68. The quantitative estimate of drug-likeness (QED) is 0.530. The van der Waals surface area contributed by atoms with Gasteiger partial charge in [-0.05, 0) is 47.9 Å². The summed E-state index contributed by atoms with van der Waals surface area (Å²) in [6.07, 6.45) is -4.51. The van der Waals surface area contributed by atoms with Crippen LogP contribution in [0.15, 0.2) is 66.7 Å². The Kier molecular flexibility index (Phi) is 6.54. The van der Waals surface area contributed by atoms with Crippen molar-refractivity contribution in [3.63, 3.8) is 0 Å². The first-order valence-electron chi connectivity index (χ1n) is 11.9. The maximum Gasteiger partial charge on any atom is 0.416 e.